The zero-order chi connectivity index (χ0) is 15.0. The van der Waals surface area contributed by atoms with Gasteiger partial charge in [0.2, 0.25) is 5.95 Å². The third-order valence-electron chi connectivity index (χ3n) is 4.52. The topological polar surface area (TPSA) is 47.1 Å². The molecule has 1 saturated heterocycles. The molecule has 0 saturated carbocycles. The maximum Gasteiger partial charge on any atom is 0.201 e. The first-order valence-corrected chi connectivity index (χ1v) is 7.72. The van der Waals surface area contributed by atoms with Gasteiger partial charge in [-0.05, 0) is 51.4 Å². The molecule has 0 bridgehead atoms. The van der Waals surface area contributed by atoms with Gasteiger partial charge in [0.05, 0.1) is 11.0 Å². The normalized spacial score (nSPS) is 18.2. The van der Waals surface area contributed by atoms with Gasteiger partial charge < -0.3 is 10.3 Å². The zero-order valence-corrected chi connectivity index (χ0v) is 12.8. The summed E-state index contributed by atoms with van der Waals surface area (Å²) in [7, 11) is 0. The molecule has 1 atom stereocenters. The van der Waals surface area contributed by atoms with E-state index in [4.69, 9.17) is 5.73 Å². The van der Waals surface area contributed by atoms with E-state index in [1.165, 1.54) is 25.3 Å². The molecule has 2 heterocycles. The highest BCUT2D eigenvalue weighted by molar-refractivity contribution is 5.79. The molecule has 1 aromatic carbocycles. The fraction of sp³-hybridized carbons (Fsp3) is 0.562. The Morgan fingerprint density at radius 1 is 1.29 bits per heavy atom. The first-order valence-electron chi connectivity index (χ1n) is 7.72. The number of piperidine rings is 1. The van der Waals surface area contributed by atoms with Gasteiger partial charge in [-0.2, -0.15) is 0 Å². The van der Waals surface area contributed by atoms with E-state index in [9.17, 15) is 4.39 Å². The highest BCUT2D eigenvalue weighted by Crippen LogP contribution is 2.23. The van der Waals surface area contributed by atoms with Crippen molar-refractivity contribution in [2.24, 2.45) is 0 Å². The monoisotopic (exact) mass is 290 g/mol. The molecule has 0 amide bonds. The lowest BCUT2D eigenvalue weighted by Crippen LogP contribution is -2.39. The second kappa shape index (κ2) is 5.64. The fourth-order valence-corrected chi connectivity index (χ4v) is 3.20. The molecule has 5 heteroatoms. The summed E-state index contributed by atoms with van der Waals surface area (Å²) < 4.78 is 15.7. The highest BCUT2D eigenvalue weighted by atomic mass is 19.1. The van der Waals surface area contributed by atoms with Crippen LogP contribution in [0.25, 0.3) is 11.0 Å². The molecule has 4 nitrogen and oxygen atoms in total. The smallest absolute Gasteiger partial charge is 0.201 e. The lowest BCUT2D eigenvalue weighted by Gasteiger charge is -2.32. The van der Waals surface area contributed by atoms with Crippen molar-refractivity contribution in [1.82, 2.24) is 14.5 Å². The van der Waals surface area contributed by atoms with Crippen molar-refractivity contribution < 1.29 is 4.39 Å². The van der Waals surface area contributed by atoms with Crippen LogP contribution in [0, 0.1) is 12.7 Å². The second-order valence-electron chi connectivity index (χ2n) is 6.12. The van der Waals surface area contributed by atoms with E-state index in [-0.39, 0.29) is 5.82 Å². The molecule has 1 aliphatic rings. The van der Waals surface area contributed by atoms with E-state index in [0.29, 0.717) is 23.1 Å². The molecule has 0 spiro atoms. The standard InChI is InChI=1S/C16H23FN4/c1-11-8-15-14(9-13(11)17)19-16(18)21(15)10-12(2)20-6-4-3-5-7-20/h8-9,12H,3-7,10H2,1-2H3,(H2,18,19). The number of likely N-dealkylation sites (tertiary alicyclic amines) is 1. The van der Waals surface area contributed by atoms with Crippen molar-refractivity contribution in [3.63, 3.8) is 0 Å². The Hall–Kier alpha value is -1.62. The molecule has 1 unspecified atom stereocenters. The molecule has 2 aromatic rings. The average molecular weight is 290 g/mol. The molecule has 0 radical (unpaired) electrons. The number of imidazole rings is 1. The minimum Gasteiger partial charge on any atom is -0.369 e. The fourth-order valence-electron chi connectivity index (χ4n) is 3.20. The maximum absolute atomic E-state index is 13.6. The van der Waals surface area contributed by atoms with Crippen LogP contribution in [0.15, 0.2) is 12.1 Å². The van der Waals surface area contributed by atoms with Crippen LogP contribution < -0.4 is 5.73 Å². The van der Waals surface area contributed by atoms with E-state index in [1.807, 2.05) is 10.6 Å². The SMILES string of the molecule is Cc1cc2c(cc1F)nc(N)n2CC(C)N1CCCCC1. The van der Waals surface area contributed by atoms with Gasteiger partial charge in [-0.3, -0.25) is 4.90 Å². The van der Waals surface area contributed by atoms with Crippen molar-refractivity contribution in [1.29, 1.82) is 0 Å². The van der Waals surface area contributed by atoms with Crippen LogP contribution in [0.3, 0.4) is 0 Å². The van der Waals surface area contributed by atoms with Gasteiger partial charge in [0.1, 0.15) is 5.82 Å². The Kier molecular flexibility index (Phi) is 3.85. The zero-order valence-electron chi connectivity index (χ0n) is 12.8. The lowest BCUT2D eigenvalue weighted by atomic mass is 10.1. The highest BCUT2D eigenvalue weighted by Gasteiger charge is 2.19. The Morgan fingerprint density at radius 2 is 2.00 bits per heavy atom. The number of rotatable bonds is 3. The van der Waals surface area contributed by atoms with Crippen LogP contribution in [0.1, 0.15) is 31.7 Å². The number of aryl methyl sites for hydroxylation is 1. The number of anilines is 1. The third kappa shape index (κ3) is 2.75. The van der Waals surface area contributed by atoms with Gasteiger partial charge in [-0.15, -0.1) is 0 Å². The summed E-state index contributed by atoms with van der Waals surface area (Å²) in [5.74, 6) is 0.245. The van der Waals surface area contributed by atoms with Crippen molar-refractivity contribution in [3.05, 3.63) is 23.5 Å². The second-order valence-corrected chi connectivity index (χ2v) is 6.12. The van der Waals surface area contributed by atoms with Crippen molar-refractivity contribution in [2.75, 3.05) is 18.8 Å². The molecule has 1 aromatic heterocycles. The summed E-state index contributed by atoms with van der Waals surface area (Å²) in [6.07, 6.45) is 3.88. The molecule has 1 aliphatic heterocycles. The summed E-state index contributed by atoms with van der Waals surface area (Å²) in [5, 5.41) is 0. The average Bonchev–Trinajstić information content (AvgIpc) is 2.76. The lowest BCUT2D eigenvalue weighted by molar-refractivity contribution is 0.161. The Morgan fingerprint density at radius 3 is 2.71 bits per heavy atom. The first kappa shape index (κ1) is 14.3. The Bertz CT molecular complexity index is 643. The molecule has 3 rings (SSSR count). The van der Waals surface area contributed by atoms with E-state index < -0.39 is 0 Å². The number of fused-ring (bicyclic) bond motifs is 1. The number of nitrogens with zero attached hydrogens (tertiary/aromatic N) is 3. The van der Waals surface area contributed by atoms with Crippen LogP contribution in [-0.2, 0) is 6.54 Å². The van der Waals surface area contributed by atoms with E-state index >= 15 is 0 Å². The van der Waals surface area contributed by atoms with E-state index in [1.54, 1.807) is 6.92 Å². The minimum atomic E-state index is -0.226. The van der Waals surface area contributed by atoms with Crippen LogP contribution >= 0.6 is 0 Å². The quantitative estimate of drug-likeness (QED) is 0.945. The predicted molar refractivity (Wildman–Crippen MR) is 83.7 cm³/mol. The summed E-state index contributed by atoms with van der Waals surface area (Å²) in [4.78, 5) is 6.80. The van der Waals surface area contributed by atoms with Crippen LogP contribution in [0.4, 0.5) is 10.3 Å². The molecular formula is C16H23FN4. The van der Waals surface area contributed by atoms with E-state index in [2.05, 4.69) is 16.8 Å². The number of hydrogen-bond donors (Lipinski definition) is 1. The van der Waals surface area contributed by atoms with Crippen LogP contribution in [0.2, 0.25) is 0 Å². The number of hydrogen-bond acceptors (Lipinski definition) is 3. The maximum atomic E-state index is 13.6. The van der Waals surface area contributed by atoms with Gasteiger partial charge in [-0.25, -0.2) is 9.37 Å². The van der Waals surface area contributed by atoms with Crippen LogP contribution in [-0.4, -0.2) is 33.6 Å². The largest absolute Gasteiger partial charge is 0.369 e. The number of halogens is 1. The summed E-state index contributed by atoms with van der Waals surface area (Å²) in [6, 6.07) is 3.73. The van der Waals surface area contributed by atoms with Gasteiger partial charge in [0, 0.05) is 18.7 Å². The number of benzene rings is 1. The Balaban J connectivity index is 1.89. The number of nitrogens with two attached hydrogens (primary N) is 1. The van der Waals surface area contributed by atoms with Crippen LogP contribution in [0.5, 0.6) is 0 Å². The number of nitrogen functional groups attached to an aromatic ring is 1. The number of aromatic nitrogens is 2. The third-order valence-corrected chi connectivity index (χ3v) is 4.52. The van der Waals surface area contributed by atoms with Gasteiger partial charge in [0.15, 0.2) is 0 Å². The van der Waals surface area contributed by atoms with Gasteiger partial charge >= 0.3 is 0 Å². The predicted octanol–water partition coefficient (Wildman–Crippen LogP) is 2.94. The minimum absolute atomic E-state index is 0.226. The van der Waals surface area contributed by atoms with Gasteiger partial charge in [-0.1, -0.05) is 6.42 Å². The summed E-state index contributed by atoms with van der Waals surface area (Å²) in [6.45, 7) is 7.11. The van der Waals surface area contributed by atoms with Gasteiger partial charge in [0.25, 0.3) is 0 Å². The van der Waals surface area contributed by atoms with E-state index in [0.717, 1.165) is 25.2 Å². The van der Waals surface area contributed by atoms with Crippen molar-refractivity contribution in [2.45, 2.75) is 45.7 Å². The molecule has 21 heavy (non-hydrogen) atoms. The molecule has 1 fully saturated rings. The molecule has 114 valence electrons. The Labute approximate surface area is 124 Å². The molecule has 0 aliphatic carbocycles. The molecular weight excluding hydrogens is 267 g/mol. The molecule has 2 N–H and O–H groups in total. The summed E-state index contributed by atoms with van der Waals surface area (Å²) in [5.41, 5.74) is 8.24. The summed E-state index contributed by atoms with van der Waals surface area (Å²) >= 11 is 0. The van der Waals surface area contributed by atoms with Crippen molar-refractivity contribution in [3.8, 4) is 0 Å². The first-order chi connectivity index (χ1) is 10.1. The van der Waals surface area contributed by atoms with Crippen molar-refractivity contribution >= 4 is 17.0 Å².